The van der Waals surface area contributed by atoms with E-state index in [0.717, 1.165) is 13.0 Å². The van der Waals surface area contributed by atoms with Crippen molar-refractivity contribution in [2.75, 3.05) is 23.7 Å². The average Bonchev–Trinajstić information content (AvgIpc) is 2.27. The van der Waals surface area contributed by atoms with Crippen molar-refractivity contribution in [3.05, 3.63) is 21.5 Å². The molecule has 1 fully saturated rings. The predicted molar refractivity (Wildman–Crippen MR) is 75.5 cm³/mol. The third kappa shape index (κ3) is 2.65. The van der Waals surface area contributed by atoms with Crippen LogP contribution < -0.4 is 10.6 Å². The second-order valence-corrected chi connectivity index (χ2v) is 5.77. The molecule has 1 heterocycles. The average molecular weight is 350 g/mol. The van der Waals surface area contributed by atoms with Crippen LogP contribution in [0.3, 0.4) is 0 Å². The standard InChI is InChI=1S/C12H16FIN2O/c1-7-2-3-16(6-12(7)17)11-4-8(13)9(14)5-10(11)15/h4-5,7,12,17H,2-3,6,15H2,1H3. The fraction of sp³-hybridized carbons (Fsp3) is 0.500. The topological polar surface area (TPSA) is 49.5 Å². The van der Waals surface area contributed by atoms with Crippen molar-refractivity contribution in [1.29, 1.82) is 0 Å². The van der Waals surface area contributed by atoms with Crippen molar-refractivity contribution in [3.8, 4) is 0 Å². The van der Waals surface area contributed by atoms with Crippen molar-refractivity contribution in [2.45, 2.75) is 19.4 Å². The summed E-state index contributed by atoms with van der Waals surface area (Å²) in [6, 6.07) is 3.09. The minimum atomic E-state index is -0.370. The van der Waals surface area contributed by atoms with Crippen LogP contribution in [0.25, 0.3) is 0 Å². The molecule has 1 aliphatic heterocycles. The molecule has 5 heteroatoms. The Morgan fingerprint density at radius 1 is 1.53 bits per heavy atom. The van der Waals surface area contributed by atoms with Crippen LogP contribution in [-0.2, 0) is 0 Å². The van der Waals surface area contributed by atoms with Crippen LogP contribution in [0, 0.1) is 15.3 Å². The molecule has 2 unspecified atom stereocenters. The molecule has 0 bridgehead atoms. The van der Waals surface area contributed by atoms with Gasteiger partial charge < -0.3 is 15.7 Å². The lowest BCUT2D eigenvalue weighted by atomic mass is 9.95. The van der Waals surface area contributed by atoms with Crippen LogP contribution in [0.1, 0.15) is 13.3 Å². The fourth-order valence-corrected chi connectivity index (χ4v) is 2.58. The number of halogens is 2. The molecule has 0 radical (unpaired) electrons. The summed E-state index contributed by atoms with van der Waals surface area (Å²) in [5.74, 6) is 0.0316. The largest absolute Gasteiger partial charge is 0.397 e. The van der Waals surface area contributed by atoms with Gasteiger partial charge in [-0.25, -0.2) is 4.39 Å². The zero-order valence-corrected chi connectivity index (χ0v) is 11.8. The van der Waals surface area contributed by atoms with Gasteiger partial charge in [0.25, 0.3) is 0 Å². The number of piperidine rings is 1. The first-order valence-electron chi connectivity index (χ1n) is 5.66. The first kappa shape index (κ1) is 12.9. The Kier molecular flexibility index (Phi) is 3.77. The Balaban J connectivity index is 2.26. The lowest BCUT2D eigenvalue weighted by Crippen LogP contribution is -2.43. The highest BCUT2D eigenvalue weighted by molar-refractivity contribution is 14.1. The Hall–Kier alpha value is -0.560. The number of nitrogens with zero attached hydrogens (tertiary/aromatic N) is 1. The van der Waals surface area contributed by atoms with Crippen LogP contribution in [0.15, 0.2) is 12.1 Å². The molecule has 1 aromatic carbocycles. The molecule has 3 nitrogen and oxygen atoms in total. The van der Waals surface area contributed by atoms with Gasteiger partial charge in [0.15, 0.2) is 0 Å². The summed E-state index contributed by atoms with van der Waals surface area (Å²) in [7, 11) is 0. The molecular weight excluding hydrogens is 334 g/mol. The van der Waals surface area contributed by atoms with Gasteiger partial charge in [-0.1, -0.05) is 6.92 Å². The Bertz CT molecular complexity index is 427. The third-order valence-corrected chi connectivity index (χ3v) is 4.16. The monoisotopic (exact) mass is 350 g/mol. The second-order valence-electron chi connectivity index (χ2n) is 4.60. The number of aliphatic hydroxyl groups is 1. The summed E-state index contributed by atoms with van der Waals surface area (Å²) < 4.78 is 14.1. The molecule has 1 aromatic rings. The fourth-order valence-electron chi connectivity index (χ4n) is 2.09. The van der Waals surface area contributed by atoms with Crippen LogP contribution in [-0.4, -0.2) is 24.3 Å². The number of benzene rings is 1. The maximum atomic E-state index is 13.5. The number of anilines is 2. The van der Waals surface area contributed by atoms with Crippen molar-refractivity contribution in [2.24, 2.45) is 5.92 Å². The number of β-amino-alcohol motifs (C(OH)–C–C–N with tert-alkyl or cyclic N) is 1. The first-order valence-corrected chi connectivity index (χ1v) is 6.74. The smallest absolute Gasteiger partial charge is 0.138 e. The summed E-state index contributed by atoms with van der Waals surface area (Å²) in [5, 5.41) is 9.85. The van der Waals surface area contributed by atoms with E-state index in [2.05, 4.69) is 0 Å². The number of rotatable bonds is 1. The van der Waals surface area contributed by atoms with Crippen molar-refractivity contribution < 1.29 is 9.50 Å². The summed E-state index contributed by atoms with van der Waals surface area (Å²) in [6.07, 6.45) is 0.527. The molecule has 0 saturated carbocycles. The van der Waals surface area contributed by atoms with E-state index in [1.54, 1.807) is 6.07 Å². The Morgan fingerprint density at radius 2 is 2.24 bits per heavy atom. The van der Waals surface area contributed by atoms with Gasteiger partial charge in [0, 0.05) is 19.2 Å². The van der Waals surface area contributed by atoms with E-state index in [1.165, 1.54) is 6.07 Å². The number of hydrogen-bond donors (Lipinski definition) is 2. The molecule has 2 rings (SSSR count). The summed E-state index contributed by atoms with van der Waals surface area (Å²) in [5.41, 5.74) is 7.16. The highest BCUT2D eigenvalue weighted by Gasteiger charge is 2.25. The molecule has 1 saturated heterocycles. The summed E-state index contributed by atoms with van der Waals surface area (Å²) >= 11 is 1.92. The highest BCUT2D eigenvalue weighted by Crippen LogP contribution is 2.30. The molecule has 0 spiro atoms. The van der Waals surface area contributed by atoms with Crippen LogP contribution >= 0.6 is 22.6 Å². The van der Waals surface area contributed by atoms with Gasteiger partial charge in [-0.3, -0.25) is 0 Å². The quantitative estimate of drug-likeness (QED) is 0.603. The first-order chi connectivity index (χ1) is 7.99. The van der Waals surface area contributed by atoms with Crippen LogP contribution in [0.4, 0.5) is 15.8 Å². The molecule has 0 amide bonds. The minimum Gasteiger partial charge on any atom is -0.397 e. The van der Waals surface area contributed by atoms with Crippen molar-refractivity contribution >= 4 is 34.0 Å². The highest BCUT2D eigenvalue weighted by atomic mass is 127. The lowest BCUT2D eigenvalue weighted by molar-refractivity contribution is 0.103. The SMILES string of the molecule is CC1CCN(c2cc(F)c(I)cc2N)CC1O. The van der Waals surface area contributed by atoms with Gasteiger partial charge >= 0.3 is 0 Å². The van der Waals surface area contributed by atoms with Gasteiger partial charge in [-0.15, -0.1) is 0 Å². The minimum absolute atomic E-state index is 0.261. The van der Waals surface area contributed by atoms with Crippen LogP contribution in [0.5, 0.6) is 0 Å². The van der Waals surface area contributed by atoms with E-state index in [-0.39, 0.29) is 11.9 Å². The van der Waals surface area contributed by atoms with Crippen molar-refractivity contribution in [3.63, 3.8) is 0 Å². The van der Waals surface area contributed by atoms with Gasteiger partial charge in [-0.05, 0) is 41.0 Å². The van der Waals surface area contributed by atoms with E-state index in [4.69, 9.17) is 5.73 Å². The normalized spacial score (nSPS) is 25.1. The Labute approximate surface area is 114 Å². The number of hydrogen-bond acceptors (Lipinski definition) is 3. The maximum absolute atomic E-state index is 13.5. The summed E-state index contributed by atoms with van der Waals surface area (Å²) in [6.45, 7) is 3.35. The number of nitrogen functional groups attached to an aromatic ring is 1. The van der Waals surface area contributed by atoms with Gasteiger partial charge in [0.2, 0.25) is 0 Å². The number of nitrogens with two attached hydrogens (primary N) is 1. The zero-order chi connectivity index (χ0) is 12.6. The van der Waals surface area contributed by atoms with Crippen LogP contribution in [0.2, 0.25) is 0 Å². The molecule has 0 aromatic heterocycles. The van der Waals surface area contributed by atoms with E-state index in [9.17, 15) is 9.50 Å². The van der Waals surface area contributed by atoms with Gasteiger partial charge in [0.1, 0.15) is 5.82 Å². The lowest BCUT2D eigenvalue weighted by Gasteiger charge is -2.36. The molecular formula is C12H16FIN2O. The van der Waals surface area contributed by atoms with E-state index in [1.807, 2.05) is 34.4 Å². The van der Waals surface area contributed by atoms with E-state index >= 15 is 0 Å². The molecule has 0 aliphatic carbocycles. The van der Waals surface area contributed by atoms with Gasteiger partial charge in [-0.2, -0.15) is 0 Å². The zero-order valence-electron chi connectivity index (χ0n) is 9.66. The van der Waals surface area contributed by atoms with E-state index in [0.29, 0.717) is 27.4 Å². The third-order valence-electron chi connectivity index (χ3n) is 3.33. The molecule has 94 valence electrons. The number of aliphatic hydroxyl groups excluding tert-OH is 1. The predicted octanol–water partition coefficient (Wildman–Crippen LogP) is 2.22. The second kappa shape index (κ2) is 4.97. The molecule has 17 heavy (non-hydrogen) atoms. The van der Waals surface area contributed by atoms with Gasteiger partial charge in [0.05, 0.1) is 21.0 Å². The van der Waals surface area contributed by atoms with E-state index < -0.39 is 0 Å². The molecule has 1 aliphatic rings. The van der Waals surface area contributed by atoms with Crippen molar-refractivity contribution in [1.82, 2.24) is 0 Å². The Morgan fingerprint density at radius 3 is 2.88 bits per heavy atom. The summed E-state index contributed by atoms with van der Waals surface area (Å²) in [4.78, 5) is 1.96. The maximum Gasteiger partial charge on any atom is 0.138 e. The molecule has 3 N–H and O–H groups in total. The molecule has 2 atom stereocenters.